The topological polar surface area (TPSA) is 81.8 Å². The van der Waals surface area contributed by atoms with Crippen molar-refractivity contribution >= 4 is 5.91 Å². The molecule has 1 aromatic carbocycles. The zero-order valence-electron chi connectivity index (χ0n) is 15.8. The molecule has 0 unspecified atom stereocenters. The van der Waals surface area contributed by atoms with Crippen LogP contribution in [0.4, 0.5) is 0 Å². The largest absolute Gasteiger partial charge is 0.349 e. The molecule has 0 atom stereocenters. The Balaban J connectivity index is 1.65. The molecule has 2 heterocycles. The first-order valence-corrected chi connectivity index (χ1v) is 8.85. The third-order valence-electron chi connectivity index (χ3n) is 4.26. The molecule has 1 N–H and O–H groups in total. The third kappa shape index (κ3) is 4.69. The normalized spacial score (nSPS) is 10.8. The highest BCUT2D eigenvalue weighted by Crippen LogP contribution is 2.04. The average molecular weight is 365 g/mol. The van der Waals surface area contributed by atoms with Crippen molar-refractivity contribution in [2.24, 2.45) is 0 Å². The molecular formula is C20H23N5O2. The van der Waals surface area contributed by atoms with Crippen LogP contribution in [0, 0.1) is 20.8 Å². The zero-order valence-corrected chi connectivity index (χ0v) is 15.8. The van der Waals surface area contributed by atoms with Gasteiger partial charge in [0.1, 0.15) is 5.69 Å². The van der Waals surface area contributed by atoms with Crippen molar-refractivity contribution < 1.29 is 4.79 Å². The molecule has 0 fully saturated rings. The summed E-state index contributed by atoms with van der Waals surface area (Å²) in [5.74, 6) is -0.311. The van der Waals surface area contributed by atoms with Crippen LogP contribution in [0.3, 0.4) is 0 Å². The van der Waals surface area contributed by atoms with Crippen LogP contribution in [0.2, 0.25) is 0 Å². The molecule has 7 nitrogen and oxygen atoms in total. The molecule has 0 aliphatic heterocycles. The fraction of sp³-hybridized carbons (Fsp3) is 0.300. The van der Waals surface area contributed by atoms with Gasteiger partial charge in [0.15, 0.2) is 0 Å². The van der Waals surface area contributed by atoms with Crippen LogP contribution in [-0.4, -0.2) is 32.0 Å². The van der Waals surface area contributed by atoms with Gasteiger partial charge in [-0.15, -0.1) is 0 Å². The number of hydrogen-bond acceptors (Lipinski definition) is 4. The highest BCUT2D eigenvalue weighted by Gasteiger charge is 2.10. The molecule has 2 aromatic heterocycles. The molecular weight excluding hydrogens is 342 g/mol. The van der Waals surface area contributed by atoms with E-state index in [0.29, 0.717) is 19.6 Å². The van der Waals surface area contributed by atoms with Gasteiger partial charge in [0.2, 0.25) is 0 Å². The Morgan fingerprint density at radius 2 is 1.74 bits per heavy atom. The van der Waals surface area contributed by atoms with Crippen molar-refractivity contribution in [1.82, 2.24) is 24.9 Å². The quantitative estimate of drug-likeness (QED) is 0.723. The lowest BCUT2D eigenvalue weighted by Gasteiger charge is -2.09. The van der Waals surface area contributed by atoms with Gasteiger partial charge in [-0.25, -0.2) is 4.68 Å². The first kappa shape index (κ1) is 18.6. The zero-order chi connectivity index (χ0) is 19.4. The van der Waals surface area contributed by atoms with Gasteiger partial charge in [-0.3, -0.25) is 14.3 Å². The summed E-state index contributed by atoms with van der Waals surface area (Å²) in [6.07, 6.45) is 0. The number of rotatable bonds is 6. The van der Waals surface area contributed by atoms with Gasteiger partial charge in [0, 0.05) is 18.3 Å². The molecule has 3 rings (SSSR count). The summed E-state index contributed by atoms with van der Waals surface area (Å²) in [5, 5.41) is 11.4. The molecule has 0 aliphatic rings. The van der Waals surface area contributed by atoms with Crippen LogP contribution in [0.25, 0.3) is 0 Å². The number of carbonyl (C=O) groups is 1. The SMILES string of the molecule is Cc1ccc(Cn2nc(C(=O)NCCn3nc(C)cc3C)ccc2=O)cc1. The van der Waals surface area contributed by atoms with E-state index < -0.39 is 0 Å². The second kappa shape index (κ2) is 7.99. The Labute approximate surface area is 157 Å². The summed E-state index contributed by atoms with van der Waals surface area (Å²) in [6.45, 7) is 7.25. The van der Waals surface area contributed by atoms with Gasteiger partial charge in [0.25, 0.3) is 11.5 Å². The van der Waals surface area contributed by atoms with Crippen LogP contribution in [0.5, 0.6) is 0 Å². The molecule has 140 valence electrons. The summed E-state index contributed by atoms with van der Waals surface area (Å²) in [5.41, 5.74) is 4.08. The Morgan fingerprint density at radius 1 is 1.00 bits per heavy atom. The molecule has 27 heavy (non-hydrogen) atoms. The molecule has 0 saturated heterocycles. The molecule has 0 bridgehead atoms. The number of aromatic nitrogens is 4. The summed E-state index contributed by atoms with van der Waals surface area (Å²) >= 11 is 0. The number of aryl methyl sites for hydroxylation is 3. The third-order valence-corrected chi connectivity index (χ3v) is 4.26. The van der Waals surface area contributed by atoms with E-state index in [2.05, 4.69) is 15.5 Å². The maximum Gasteiger partial charge on any atom is 0.271 e. The number of benzene rings is 1. The lowest BCUT2D eigenvalue weighted by Crippen LogP contribution is -2.31. The molecule has 7 heteroatoms. The van der Waals surface area contributed by atoms with E-state index >= 15 is 0 Å². The summed E-state index contributed by atoms with van der Waals surface area (Å²) in [4.78, 5) is 24.4. The second-order valence-corrected chi connectivity index (χ2v) is 6.61. The molecule has 0 radical (unpaired) electrons. The van der Waals surface area contributed by atoms with Crippen LogP contribution in [0.15, 0.2) is 47.3 Å². The Hall–Kier alpha value is -3.22. The number of amides is 1. The minimum Gasteiger partial charge on any atom is -0.349 e. The summed E-state index contributed by atoms with van der Waals surface area (Å²) < 4.78 is 3.15. The van der Waals surface area contributed by atoms with E-state index in [-0.39, 0.29) is 17.2 Å². The molecule has 0 spiro atoms. The van der Waals surface area contributed by atoms with E-state index in [4.69, 9.17) is 0 Å². The van der Waals surface area contributed by atoms with Gasteiger partial charge in [-0.05, 0) is 38.5 Å². The highest BCUT2D eigenvalue weighted by molar-refractivity contribution is 5.91. The Morgan fingerprint density at radius 3 is 2.41 bits per heavy atom. The molecule has 0 saturated carbocycles. The summed E-state index contributed by atoms with van der Waals surface area (Å²) in [7, 11) is 0. The van der Waals surface area contributed by atoms with Gasteiger partial charge < -0.3 is 5.32 Å². The van der Waals surface area contributed by atoms with E-state index in [1.807, 2.05) is 55.8 Å². The standard InChI is InChI=1S/C20H23N5O2/c1-14-4-6-17(7-5-14)13-25-19(26)9-8-18(23-25)20(27)21-10-11-24-16(3)12-15(2)22-24/h4-9,12H,10-11,13H2,1-3H3,(H,21,27). The fourth-order valence-corrected chi connectivity index (χ4v) is 2.82. The number of nitrogens with one attached hydrogen (secondary N) is 1. The smallest absolute Gasteiger partial charge is 0.271 e. The monoisotopic (exact) mass is 365 g/mol. The molecule has 1 amide bonds. The second-order valence-electron chi connectivity index (χ2n) is 6.61. The minimum absolute atomic E-state index is 0.218. The van der Waals surface area contributed by atoms with Crippen molar-refractivity contribution in [3.05, 3.63) is 81.0 Å². The van der Waals surface area contributed by atoms with E-state index in [1.165, 1.54) is 16.8 Å². The van der Waals surface area contributed by atoms with Gasteiger partial charge in [0.05, 0.1) is 18.8 Å². The van der Waals surface area contributed by atoms with Gasteiger partial charge >= 0.3 is 0 Å². The van der Waals surface area contributed by atoms with Crippen molar-refractivity contribution in [3.8, 4) is 0 Å². The first-order valence-electron chi connectivity index (χ1n) is 8.85. The maximum absolute atomic E-state index is 12.4. The van der Waals surface area contributed by atoms with Crippen molar-refractivity contribution in [2.45, 2.75) is 33.9 Å². The lowest BCUT2D eigenvalue weighted by molar-refractivity contribution is 0.0944. The van der Waals surface area contributed by atoms with Crippen LogP contribution >= 0.6 is 0 Å². The maximum atomic E-state index is 12.4. The number of hydrogen-bond donors (Lipinski definition) is 1. The first-order chi connectivity index (χ1) is 12.9. The van der Waals surface area contributed by atoms with E-state index in [9.17, 15) is 9.59 Å². The lowest BCUT2D eigenvalue weighted by atomic mass is 10.1. The number of nitrogens with zero attached hydrogens (tertiary/aromatic N) is 4. The van der Waals surface area contributed by atoms with Crippen LogP contribution in [0.1, 0.15) is 33.0 Å². The minimum atomic E-state index is -0.311. The Bertz CT molecular complexity index is 1000. The number of carbonyl (C=O) groups excluding carboxylic acids is 1. The molecule has 3 aromatic rings. The summed E-state index contributed by atoms with van der Waals surface area (Å²) in [6, 6.07) is 12.7. The predicted molar refractivity (Wildman–Crippen MR) is 103 cm³/mol. The van der Waals surface area contributed by atoms with Crippen LogP contribution < -0.4 is 10.9 Å². The van der Waals surface area contributed by atoms with E-state index in [1.54, 1.807) is 0 Å². The molecule has 0 aliphatic carbocycles. The van der Waals surface area contributed by atoms with Gasteiger partial charge in [-0.1, -0.05) is 29.8 Å². The van der Waals surface area contributed by atoms with Gasteiger partial charge in [-0.2, -0.15) is 10.2 Å². The van der Waals surface area contributed by atoms with Crippen molar-refractivity contribution in [1.29, 1.82) is 0 Å². The van der Waals surface area contributed by atoms with E-state index in [0.717, 1.165) is 22.5 Å². The Kier molecular flexibility index (Phi) is 5.49. The highest BCUT2D eigenvalue weighted by atomic mass is 16.2. The van der Waals surface area contributed by atoms with Crippen molar-refractivity contribution in [2.75, 3.05) is 6.54 Å². The van der Waals surface area contributed by atoms with Crippen molar-refractivity contribution in [3.63, 3.8) is 0 Å². The van der Waals surface area contributed by atoms with Crippen LogP contribution in [-0.2, 0) is 13.1 Å². The average Bonchev–Trinajstić information content (AvgIpc) is 2.96. The predicted octanol–water partition coefficient (Wildman–Crippen LogP) is 1.84. The fourth-order valence-electron chi connectivity index (χ4n) is 2.82.